The standard InChI is InChI=1S/C15H13BrF3N3/c16-11-3-10(6-21-7-11)14(8-20)4-12-1-2-13(5-14)22(12)9-15(17,18)19/h1-3,6-7,12-13H,4-5,9H2. The van der Waals surface area contributed by atoms with Crippen LogP contribution in [0.3, 0.4) is 0 Å². The van der Waals surface area contributed by atoms with E-state index in [-0.39, 0.29) is 12.1 Å². The van der Waals surface area contributed by atoms with Crippen molar-refractivity contribution in [1.29, 1.82) is 5.26 Å². The Morgan fingerprint density at radius 1 is 1.32 bits per heavy atom. The van der Waals surface area contributed by atoms with Gasteiger partial charge in [0.1, 0.15) is 0 Å². The minimum absolute atomic E-state index is 0.352. The van der Waals surface area contributed by atoms with E-state index in [2.05, 4.69) is 27.0 Å². The highest BCUT2D eigenvalue weighted by molar-refractivity contribution is 9.10. The lowest BCUT2D eigenvalue weighted by molar-refractivity contribution is -0.155. The molecule has 2 aliphatic rings. The van der Waals surface area contributed by atoms with E-state index in [0.29, 0.717) is 12.8 Å². The third-order valence-electron chi connectivity index (χ3n) is 4.36. The second-order valence-electron chi connectivity index (χ2n) is 5.80. The molecular weight excluding hydrogens is 359 g/mol. The molecule has 1 aromatic heterocycles. The summed E-state index contributed by atoms with van der Waals surface area (Å²) in [5.41, 5.74) is -0.0349. The summed E-state index contributed by atoms with van der Waals surface area (Å²) in [4.78, 5) is 5.52. The zero-order valence-electron chi connectivity index (χ0n) is 11.5. The summed E-state index contributed by atoms with van der Waals surface area (Å²) < 4.78 is 38.9. The molecular formula is C15H13BrF3N3. The number of alkyl halides is 3. The topological polar surface area (TPSA) is 39.9 Å². The normalized spacial score (nSPS) is 31.2. The van der Waals surface area contributed by atoms with Crippen molar-refractivity contribution in [3.63, 3.8) is 0 Å². The molecule has 0 spiro atoms. The quantitative estimate of drug-likeness (QED) is 0.746. The van der Waals surface area contributed by atoms with E-state index >= 15 is 0 Å². The van der Waals surface area contributed by atoms with Crippen LogP contribution in [0.4, 0.5) is 13.2 Å². The fourth-order valence-corrected chi connectivity index (χ4v) is 3.76. The van der Waals surface area contributed by atoms with Crippen LogP contribution in [0.25, 0.3) is 0 Å². The molecule has 1 saturated heterocycles. The van der Waals surface area contributed by atoms with Crippen LogP contribution in [0.2, 0.25) is 0 Å². The predicted octanol–water partition coefficient (Wildman–Crippen LogP) is 3.57. The number of rotatable bonds is 2. The Kier molecular flexibility index (Phi) is 3.77. The van der Waals surface area contributed by atoms with Crippen LogP contribution in [0.5, 0.6) is 0 Å². The van der Waals surface area contributed by atoms with Gasteiger partial charge in [-0.2, -0.15) is 18.4 Å². The van der Waals surface area contributed by atoms with E-state index < -0.39 is 18.1 Å². The number of aromatic nitrogens is 1. The van der Waals surface area contributed by atoms with Crippen molar-refractivity contribution >= 4 is 15.9 Å². The molecule has 2 unspecified atom stereocenters. The highest BCUT2D eigenvalue weighted by Gasteiger charge is 2.50. The Bertz CT molecular complexity index is 634. The molecule has 3 rings (SSSR count). The lowest BCUT2D eigenvalue weighted by Crippen LogP contribution is -2.52. The van der Waals surface area contributed by atoms with E-state index in [1.54, 1.807) is 24.5 Å². The van der Waals surface area contributed by atoms with Gasteiger partial charge in [0, 0.05) is 29.0 Å². The highest BCUT2D eigenvalue weighted by atomic mass is 79.9. The van der Waals surface area contributed by atoms with Crippen LogP contribution in [-0.4, -0.2) is 34.7 Å². The van der Waals surface area contributed by atoms with Crippen molar-refractivity contribution in [3.05, 3.63) is 40.6 Å². The van der Waals surface area contributed by atoms with Gasteiger partial charge in [-0.25, -0.2) is 0 Å². The Morgan fingerprint density at radius 2 is 1.95 bits per heavy atom. The van der Waals surface area contributed by atoms with Crippen LogP contribution in [0.15, 0.2) is 35.1 Å². The maximum absolute atomic E-state index is 12.7. The average molecular weight is 372 g/mol. The molecule has 1 aromatic rings. The van der Waals surface area contributed by atoms with Gasteiger partial charge < -0.3 is 0 Å². The summed E-state index contributed by atoms with van der Waals surface area (Å²) in [5, 5.41) is 9.71. The number of pyridine rings is 1. The molecule has 0 saturated carbocycles. The van der Waals surface area contributed by atoms with E-state index in [1.807, 2.05) is 6.07 Å². The molecule has 0 N–H and O–H groups in total. The van der Waals surface area contributed by atoms with Gasteiger partial charge in [0.2, 0.25) is 0 Å². The SMILES string of the molecule is N#CC1(c2cncc(Br)c2)CC2C=CC(C1)N2CC(F)(F)F. The Labute approximate surface area is 134 Å². The molecule has 7 heteroatoms. The first-order valence-electron chi connectivity index (χ1n) is 6.86. The molecule has 0 aromatic carbocycles. The third-order valence-corrected chi connectivity index (χ3v) is 4.79. The highest BCUT2D eigenvalue weighted by Crippen LogP contribution is 2.45. The molecule has 0 aliphatic carbocycles. The van der Waals surface area contributed by atoms with Crippen molar-refractivity contribution < 1.29 is 13.2 Å². The van der Waals surface area contributed by atoms with Crippen LogP contribution in [0.1, 0.15) is 18.4 Å². The van der Waals surface area contributed by atoms with Gasteiger partial charge in [-0.15, -0.1) is 0 Å². The monoisotopic (exact) mass is 371 g/mol. The molecule has 2 bridgehead atoms. The summed E-state index contributed by atoms with van der Waals surface area (Å²) in [6.07, 6.45) is 3.32. The molecule has 0 radical (unpaired) electrons. The van der Waals surface area contributed by atoms with E-state index in [4.69, 9.17) is 0 Å². The van der Waals surface area contributed by atoms with Crippen molar-refractivity contribution in [3.8, 4) is 6.07 Å². The van der Waals surface area contributed by atoms with Crippen LogP contribution >= 0.6 is 15.9 Å². The largest absolute Gasteiger partial charge is 0.401 e. The molecule has 0 amide bonds. The molecule has 116 valence electrons. The summed E-state index contributed by atoms with van der Waals surface area (Å²) in [7, 11) is 0. The lowest BCUT2D eigenvalue weighted by Gasteiger charge is -2.43. The van der Waals surface area contributed by atoms with Gasteiger partial charge in [0.05, 0.1) is 18.0 Å². The first-order valence-corrected chi connectivity index (χ1v) is 7.65. The number of halogens is 4. The molecule has 22 heavy (non-hydrogen) atoms. The first kappa shape index (κ1) is 15.5. The summed E-state index contributed by atoms with van der Waals surface area (Å²) in [6, 6.07) is 3.44. The van der Waals surface area contributed by atoms with Crippen LogP contribution in [-0.2, 0) is 5.41 Å². The second-order valence-corrected chi connectivity index (χ2v) is 6.72. The average Bonchev–Trinajstić information content (AvgIpc) is 2.69. The smallest absolute Gasteiger partial charge is 0.282 e. The van der Waals surface area contributed by atoms with E-state index in [9.17, 15) is 18.4 Å². The van der Waals surface area contributed by atoms with Crippen molar-refractivity contribution in [1.82, 2.24) is 9.88 Å². The number of nitriles is 1. The van der Waals surface area contributed by atoms with Gasteiger partial charge in [0.25, 0.3) is 0 Å². The predicted molar refractivity (Wildman–Crippen MR) is 77.9 cm³/mol. The zero-order valence-corrected chi connectivity index (χ0v) is 13.1. The number of fused-ring (bicyclic) bond motifs is 2. The maximum Gasteiger partial charge on any atom is 0.401 e. The second kappa shape index (κ2) is 5.36. The van der Waals surface area contributed by atoms with Gasteiger partial charge in [-0.3, -0.25) is 9.88 Å². The minimum atomic E-state index is -4.23. The Balaban J connectivity index is 1.89. The number of hydrogen-bond acceptors (Lipinski definition) is 3. The molecule has 2 aliphatic heterocycles. The first-order chi connectivity index (χ1) is 10.3. The number of nitrogens with zero attached hydrogens (tertiary/aromatic N) is 3. The molecule has 2 atom stereocenters. The van der Waals surface area contributed by atoms with Crippen molar-refractivity contribution in [2.75, 3.05) is 6.54 Å². The lowest BCUT2D eigenvalue weighted by atomic mass is 9.71. The molecule has 3 nitrogen and oxygen atoms in total. The summed E-state index contributed by atoms with van der Waals surface area (Å²) in [6.45, 7) is -0.937. The maximum atomic E-state index is 12.7. The summed E-state index contributed by atoms with van der Waals surface area (Å²) >= 11 is 3.33. The fourth-order valence-electron chi connectivity index (χ4n) is 3.40. The fraction of sp³-hybridized carbons (Fsp3) is 0.467. The van der Waals surface area contributed by atoms with Gasteiger partial charge in [0.15, 0.2) is 0 Å². The molecule has 1 fully saturated rings. The van der Waals surface area contributed by atoms with E-state index in [1.165, 1.54) is 4.90 Å². The number of hydrogen-bond donors (Lipinski definition) is 0. The number of piperidine rings is 1. The van der Waals surface area contributed by atoms with Crippen molar-refractivity contribution in [2.45, 2.75) is 36.5 Å². The Morgan fingerprint density at radius 3 is 2.45 bits per heavy atom. The van der Waals surface area contributed by atoms with Gasteiger partial charge >= 0.3 is 6.18 Å². The Hall–Kier alpha value is -1.39. The minimum Gasteiger partial charge on any atom is -0.282 e. The van der Waals surface area contributed by atoms with Crippen molar-refractivity contribution in [2.24, 2.45) is 0 Å². The molecule has 3 heterocycles. The van der Waals surface area contributed by atoms with Gasteiger partial charge in [-0.1, -0.05) is 12.2 Å². The van der Waals surface area contributed by atoms with Crippen LogP contribution in [0, 0.1) is 11.3 Å². The van der Waals surface area contributed by atoms with Gasteiger partial charge in [-0.05, 0) is 40.4 Å². The van der Waals surface area contributed by atoms with Crippen LogP contribution < -0.4 is 0 Å². The third kappa shape index (κ3) is 2.77. The summed E-state index contributed by atoms with van der Waals surface area (Å²) in [5.74, 6) is 0. The zero-order chi connectivity index (χ0) is 16.0. The van der Waals surface area contributed by atoms with E-state index in [0.717, 1.165) is 10.0 Å².